The maximum absolute atomic E-state index is 12.6. The molecule has 1 aliphatic heterocycles. The minimum atomic E-state index is -0.495. The summed E-state index contributed by atoms with van der Waals surface area (Å²) in [5, 5.41) is 4.04. The van der Waals surface area contributed by atoms with E-state index >= 15 is 0 Å². The molecule has 0 saturated carbocycles. The summed E-state index contributed by atoms with van der Waals surface area (Å²) >= 11 is 0. The van der Waals surface area contributed by atoms with E-state index in [4.69, 9.17) is 9.26 Å². The second kappa shape index (κ2) is 5.89. The third-order valence-electron chi connectivity index (χ3n) is 4.12. The third-order valence-corrected chi connectivity index (χ3v) is 4.12. The monoisotopic (exact) mass is 294 g/mol. The molecule has 0 amide bonds. The van der Waals surface area contributed by atoms with Crippen molar-refractivity contribution in [3.05, 3.63) is 17.5 Å². The van der Waals surface area contributed by atoms with Crippen molar-refractivity contribution in [3.63, 3.8) is 0 Å². The predicted octanol–water partition coefficient (Wildman–Crippen LogP) is 2.19. The molecule has 2 heterocycles. The molecule has 2 rings (SSSR count). The Morgan fingerprint density at radius 3 is 2.38 bits per heavy atom. The number of Topliss-reactive ketones (excluding diaryl/α,β-unsaturated/α-hetero) is 1. The van der Waals surface area contributed by atoms with Crippen LogP contribution in [-0.2, 0) is 21.4 Å². The van der Waals surface area contributed by atoms with Crippen LogP contribution in [0.2, 0.25) is 0 Å². The normalized spacial score (nSPS) is 18.0. The molecule has 0 aromatic carbocycles. The van der Waals surface area contributed by atoms with Crippen molar-refractivity contribution in [1.29, 1.82) is 0 Å². The zero-order valence-electron chi connectivity index (χ0n) is 13.7. The number of rotatable bonds is 4. The number of hydrogen-bond acceptors (Lipinski definition) is 5. The van der Waals surface area contributed by atoms with Gasteiger partial charge < -0.3 is 9.26 Å². The SMILES string of the molecule is CC(C)(C)c1cc(CC(=O)C(C)(C)N2CCOCC2)no1. The summed E-state index contributed by atoms with van der Waals surface area (Å²) in [5.74, 6) is 0.979. The number of ketones is 1. The lowest BCUT2D eigenvalue weighted by Gasteiger charge is -2.39. The number of hydrogen-bond donors (Lipinski definition) is 0. The molecule has 0 bridgehead atoms. The predicted molar refractivity (Wildman–Crippen MR) is 80.4 cm³/mol. The summed E-state index contributed by atoms with van der Waals surface area (Å²) < 4.78 is 10.7. The molecule has 0 N–H and O–H groups in total. The van der Waals surface area contributed by atoms with Crippen LogP contribution in [-0.4, -0.2) is 47.7 Å². The van der Waals surface area contributed by atoms with Gasteiger partial charge in [-0.05, 0) is 13.8 Å². The van der Waals surface area contributed by atoms with Gasteiger partial charge in [0.05, 0.1) is 30.9 Å². The van der Waals surface area contributed by atoms with Crippen molar-refractivity contribution in [3.8, 4) is 0 Å². The van der Waals surface area contributed by atoms with Crippen LogP contribution in [0, 0.1) is 0 Å². The fraction of sp³-hybridized carbons (Fsp3) is 0.750. The summed E-state index contributed by atoms with van der Waals surface area (Å²) in [7, 11) is 0. The van der Waals surface area contributed by atoms with Crippen molar-refractivity contribution < 1.29 is 14.1 Å². The molecule has 1 aromatic rings. The van der Waals surface area contributed by atoms with E-state index in [9.17, 15) is 4.79 Å². The Balaban J connectivity index is 2.04. The minimum Gasteiger partial charge on any atom is -0.379 e. The maximum atomic E-state index is 12.6. The first-order valence-corrected chi connectivity index (χ1v) is 7.53. The first-order valence-electron chi connectivity index (χ1n) is 7.53. The van der Waals surface area contributed by atoms with Crippen molar-refractivity contribution in [2.24, 2.45) is 0 Å². The Morgan fingerprint density at radius 2 is 1.86 bits per heavy atom. The van der Waals surface area contributed by atoms with Gasteiger partial charge in [0.15, 0.2) is 5.78 Å². The van der Waals surface area contributed by atoms with Gasteiger partial charge in [-0.25, -0.2) is 0 Å². The van der Waals surface area contributed by atoms with Gasteiger partial charge in [-0.3, -0.25) is 9.69 Å². The van der Waals surface area contributed by atoms with Crippen LogP contribution >= 0.6 is 0 Å². The average molecular weight is 294 g/mol. The molecule has 1 aromatic heterocycles. The molecule has 1 fully saturated rings. The zero-order valence-corrected chi connectivity index (χ0v) is 13.7. The van der Waals surface area contributed by atoms with Crippen LogP contribution in [0.15, 0.2) is 10.6 Å². The number of carbonyl (C=O) groups is 1. The highest BCUT2D eigenvalue weighted by Gasteiger charge is 2.35. The molecule has 21 heavy (non-hydrogen) atoms. The number of aromatic nitrogens is 1. The van der Waals surface area contributed by atoms with E-state index in [1.54, 1.807) is 0 Å². The standard InChI is InChI=1S/C16H26N2O3/c1-15(2,3)14-11-12(17-21-14)10-13(19)16(4,5)18-6-8-20-9-7-18/h11H,6-10H2,1-5H3. The largest absolute Gasteiger partial charge is 0.379 e. The van der Waals surface area contributed by atoms with Gasteiger partial charge in [0, 0.05) is 24.6 Å². The molecular formula is C16H26N2O3. The molecule has 1 aliphatic rings. The quantitative estimate of drug-likeness (QED) is 0.852. The Morgan fingerprint density at radius 1 is 1.24 bits per heavy atom. The van der Waals surface area contributed by atoms with E-state index in [0.29, 0.717) is 25.3 Å². The fourth-order valence-electron chi connectivity index (χ4n) is 2.43. The number of nitrogens with zero attached hydrogens (tertiary/aromatic N) is 2. The van der Waals surface area contributed by atoms with E-state index < -0.39 is 5.54 Å². The highest BCUT2D eigenvalue weighted by Crippen LogP contribution is 2.24. The van der Waals surface area contributed by atoms with Crippen LogP contribution in [0.4, 0.5) is 0 Å². The first-order chi connectivity index (χ1) is 9.71. The van der Waals surface area contributed by atoms with Gasteiger partial charge in [0.2, 0.25) is 0 Å². The van der Waals surface area contributed by atoms with E-state index in [2.05, 4.69) is 30.8 Å². The van der Waals surface area contributed by atoms with Gasteiger partial charge in [0.1, 0.15) is 5.76 Å². The summed E-state index contributed by atoms with van der Waals surface area (Å²) in [4.78, 5) is 14.8. The lowest BCUT2D eigenvalue weighted by molar-refractivity contribution is -0.131. The molecule has 0 unspecified atom stereocenters. The molecule has 5 heteroatoms. The highest BCUT2D eigenvalue weighted by atomic mass is 16.5. The minimum absolute atomic E-state index is 0.0893. The molecule has 0 spiro atoms. The average Bonchev–Trinajstić information content (AvgIpc) is 2.88. The number of carbonyl (C=O) groups excluding carboxylic acids is 1. The van der Waals surface area contributed by atoms with Gasteiger partial charge in [0.25, 0.3) is 0 Å². The number of morpholine rings is 1. The summed E-state index contributed by atoms with van der Waals surface area (Å²) in [5.41, 5.74) is 0.129. The van der Waals surface area contributed by atoms with E-state index in [1.807, 2.05) is 19.9 Å². The maximum Gasteiger partial charge on any atom is 0.158 e. The number of ether oxygens (including phenoxy) is 1. The fourth-order valence-corrected chi connectivity index (χ4v) is 2.43. The highest BCUT2D eigenvalue weighted by molar-refractivity contribution is 5.89. The van der Waals surface area contributed by atoms with Gasteiger partial charge in [-0.1, -0.05) is 25.9 Å². The van der Waals surface area contributed by atoms with Gasteiger partial charge >= 0.3 is 0 Å². The van der Waals surface area contributed by atoms with Crippen LogP contribution in [0.25, 0.3) is 0 Å². The molecule has 118 valence electrons. The molecular weight excluding hydrogens is 268 g/mol. The summed E-state index contributed by atoms with van der Waals surface area (Å²) in [6.07, 6.45) is 0.309. The van der Waals surface area contributed by atoms with Crippen molar-refractivity contribution in [1.82, 2.24) is 10.1 Å². The van der Waals surface area contributed by atoms with E-state index in [1.165, 1.54) is 0 Å². The second-order valence-corrected chi connectivity index (χ2v) is 7.19. The molecule has 5 nitrogen and oxygen atoms in total. The van der Waals surface area contributed by atoms with Crippen molar-refractivity contribution in [2.45, 2.75) is 52.0 Å². The van der Waals surface area contributed by atoms with Gasteiger partial charge in [-0.2, -0.15) is 0 Å². The summed E-state index contributed by atoms with van der Waals surface area (Å²) in [6, 6.07) is 1.90. The summed E-state index contributed by atoms with van der Waals surface area (Å²) in [6.45, 7) is 13.1. The Kier molecular flexibility index (Phi) is 4.54. The molecule has 1 saturated heterocycles. The third kappa shape index (κ3) is 3.71. The Labute approximate surface area is 126 Å². The lowest BCUT2D eigenvalue weighted by atomic mass is 9.91. The zero-order chi connectivity index (χ0) is 15.7. The second-order valence-electron chi connectivity index (χ2n) is 7.19. The van der Waals surface area contributed by atoms with Crippen LogP contribution in [0.5, 0.6) is 0 Å². The van der Waals surface area contributed by atoms with E-state index in [-0.39, 0.29) is 11.2 Å². The van der Waals surface area contributed by atoms with Gasteiger partial charge in [-0.15, -0.1) is 0 Å². The molecule has 0 atom stereocenters. The van der Waals surface area contributed by atoms with Crippen LogP contribution in [0.1, 0.15) is 46.1 Å². The topological polar surface area (TPSA) is 55.6 Å². The molecule has 0 aliphatic carbocycles. The Hall–Kier alpha value is -1.20. The smallest absolute Gasteiger partial charge is 0.158 e. The van der Waals surface area contributed by atoms with E-state index in [0.717, 1.165) is 18.8 Å². The molecule has 0 radical (unpaired) electrons. The van der Waals surface area contributed by atoms with Crippen molar-refractivity contribution in [2.75, 3.05) is 26.3 Å². The van der Waals surface area contributed by atoms with Crippen LogP contribution < -0.4 is 0 Å². The van der Waals surface area contributed by atoms with Crippen molar-refractivity contribution >= 4 is 5.78 Å². The lowest BCUT2D eigenvalue weighted by Crippen LogP contribution is -2.54. The first kappa shape index (κ1) is 16.2. The van der Waals surface area contributed by atoms with Crippen LogP contribution in [0.3, 0.4) is 0 Å². The Bertz CT molecular complexity index is 494.